The van der Waals surface area contributed by atoms with Gasteiger partial charge in [0, 0.05) is 13.1 Å². The Morgan fingerprint density at radius 1 is 1.67 bits per heavy atom. The molecule has 0 amide bonds. The van der Waals surface area contributed by atoms with E-state index in [0.717, 1.165) is 6.54 Å². The van der Waals surface area contributed by atoms with Crippen LogP contribution in [0.1, 0.15) is 0 Å². The first kappa shape index (κ1) is 6.67. The van der Waals surface area contributed by atoms with Crippen LogP contribution in [-0.2, 0) is 9.63 Å². The molecule has 0 aromatic carbocycles. The van der Waals surface area contributed by atoms with E-state index in [0.29, 0.717) is 13.2 Å². The highest BCUT2D eigenvalue weighted by Gasteiger charge is 2.09. The van der Waals surface area contributed by atoms with Crippen LogP contribution in [-0.4, -0.2) is 32.0 Å². The Kier molecular flexibility index (Phi) is 2.63. The fourth-order valence-electron chi connectivity index (χ4n) is 0.637. The predicted octanol–water partition coefficient (Wildman–Crippen LogP) is -1.41. The maximum atomic E-state index is 10.0. The van der Waals surface area contributed by atoms with Gasteiger partial charge in [0.2, 0.25) is 6.29 Å². The van der Waals surface area contributed by atoms with Crippen LogP contribution in [0.25, 0.3) is 0 Å². The third-order valence-electron chi connectivity index (χ3n) is 1.10. The van der Waals surface area contributed by atoms with E-state index in [1.54, 1.807) is 6.29 Å². The molecule has 2 N–H and O–H groups in total. The maximum absolute atomic E-state index is 10.0. The molecular weight excluding hydrogens is 120 g/mol. The van der Waals surface area contributed by atoms with Gasteiger partial charge < -0.3 is 5.32 Å². The SMILES string of the molecule is O=[C]C1CNCCON1. The minimum Gasteiger partial charge on any atom is -0.312 e. The van der Waals surface area contributed by atoms with Gasteiger partial charge in [0.1, 0.15) is 6.04 Å². The molecule has 0 spiro atoms. The largest absolute Gasteiger partial charge is 0.312 e. The first-order valence-electron chi connectivity index (χ1n) is 2.89. The van der Waals surface area contributed by atoms with Crippen molar-refractivity contribution in [1.29, 1.82) is 0 Å². The summed E-state index contributed by atoms with van der Waals surface area (Å²) in [6, 6.07) is -0.313. The molecule has 1 heterocycles. The minimum absolute atomic E-state index is 0.313. The van der Waals surface area contributed by atoms with Gasteiger partial charge in [-0.2, -0.15) is 5.48 Å². The third kappa shape index (κ3) is 2.09. The second-order valence-corrected chi connectivity index (χ2v) is 1.84. The highest BCUT2D eigenvalue weighted by molar-refractivity contribution is 5.58. The van der Waals surface area contributed by atoms with Gasteiger partial charge >= 0.3 is 0 Å². The molecule has 0 aromatic heterocycles. The fourth-order valence-corrected chi connectivity index (χ4v) is 0.637. The molecule has 1 saturated heterocycles. The Labute approximate surface area is 53.5 Å². The molecule has 1 aliphatic rings. The molecule has 0 aliphatic carbocycles. The van der Waals surface area contributed by atoms with Gasteiger partial charge in [-0.3, -0.25) is 9.63 Å². The van der Waals surface area contributed by atoms with Gasteiger partial charge in [-0.15, -0.1) is 0 Å². The van der Waals surface area contributed by atoms with Crippen LogP contribution in [0.4, 0.5) is 0 Å². The second-order valence-electron chi connectivity index (χ2n) is 1.84. The lowest BCUT2D eigenvalue weighted by Gasteiger charge is -2.03. The molecule has 4 nitrogen and oxygen atoms in total. The van der Waals surface area contributed by atoms with Crippen molar-refractivity contribution >= 4 is 6.29 Å². The van der Waals surface area contributed by atoms with Crippen molar-refractivity contribution < 1.29 is 9.63 Å². The fraction of sp³-hybridized carbons (Fsp3) is 0.800. The summed E-state index contributed by atoms with van der Waals surface area (Å²) in [6.07, 6.45) is 1.80. The van der Waals surface area contributed by atoms with E-state index in [4.69, 9.17) is 4.84 Å². The first-order valence-corrected chi connectivity index (χ1v) is 2.89. The average molecular weight is 129 g/mol. The van der Waals surface area contributed by atoms with Gasteiger partial charge in [0.15, 0.2) is 0 Å². The Morgan fingerprint density at radius 3 is 3.33 bits per heavy atom. The molecule has 1 rings (SSSR count). The number of hydroxylamine groups is 1. The second kappa shape index (κ2) is 3.55. The van der Waals surface area contributed by atoms with E-state index in [1.807, 2.05) is 0 Å². The van der Waals surface area contributed by atoms with Crippen molar-refractivity contribution in [3.8, 4) is 0 Å². The van der Waals surface area contributed by atoms with Gasteiger partial charge in [0.05, 0.1) is 6.61 Å². The summed E-state index contributed by atoms with van der Waals surface area (Å²) in [5.74, 6) is 0. The van der Waals surface area contributed by atoms with E-state index >= 15 is 0 Å². The van der Waals surface area contributed by atoms with Crippen LogP contribution in [0, 0.1) is 0 Å². The molecule has 1 unspecified atom stereocenters. The Bertz CT molecular complexity index is 89.0. The van der Waals surface area contributed by atoms with Crippen molar-refractivity contribution in [3.63, 3.8) is 0 Å². The molecule has 1 fully saturated rings. The van der Waals surface area contributed by atoms with Gasteiger partial charge in [0.25, 0.3) is 0 Å². The van der Waals surface area contributed by atoms with E-state index < -0.39 is 0 Å². The van der Waals surface area contributed by atoms with Crippen molar-refractivity contribution in [3.05, 3.63) is 0 Å². The Morgan fingerprint density at radius 2 is 2.56 bits per heavy atom. The van der Waals surface area contributed by atoms with Crippen molar-refractivity contribution in [2.75, 3.05) is 19.7 Å². The van der Waals surface area contributed by atoms with E-state index in [2.05, 4.69) is 10.8 Å². The van der Waals surface area contributed by atoms with Gasteiger partial charge in [-0.25, -0.2) is 0 Å². The van der Waals surface area contributed by atoms with Crippen LogP contribution in [0.3, 0.4) is 0 Å². The molecule has 51 valence electrons. The highest BCUT2D eigenvalue weighted by atomic mass is 16.6. The summed E-state index contributed by atoms with van der Waals surface area (Å²) in [6.45, 7) is 1.98. The Hall–Kier alpha value is -0.450. The zero-order valence-corrected chi connectivity index (χ0v) is 5.02. The first-order chi connectivity index (χ1) is 4.43. The summed E-state index contributed by atoms with van der Waals surface area (Å²) >= 11 is 0. The van der Waals surface area contributed by atoms with Crippen molar-refractivity contribution in [2.45, 2.75) is 6.04 Å². The summed E-state index contributed by atoms with van der Waals surface area (Å²) in [4.78, 5) is 14.8. The van der Waals surface area contributed by atoms with Crippen molar-refractivity contribution in [2.24, 2.45) is 0 Å². The van der Waals surface area contributed by atoms with Crippen LogP contribution in [0.2, 0.25) is 0 Å². The summed E-state index contributed by atoms with van der Waals surface area (Å²) in [5, 5.41) is 3.00. The molecule has 9 heavy (non-hydrogen) atoms. The van der Waals surface area contributed by atoms with Crippen LogP contribution in [0.15, 0.2) is 0 Å². The molecule has 1 atom stereocenters. The predicted molar refractivity (Wildman–Crippen MR) is 31.4 cm³/mol. The number of carbonyl (C=O) groups excluding carboxylic acids is 1. The lowest BCUT2D eigenvalue weighted by Crippen LogP contribution is -2.35. The molecule has 0 saturated carbocycles. The number of hydrogen-bond donors (Lipinski definition) is 2. The van der Waals surface area contributed by atoms with Crippen molar-refractivity contribution in [1.82, 2.24) is 10.8 Å². The number of hydrogen-bond acceptors (Lipinski definition) is 4. The molecule has 4 heteroatoms. The normalized spacial score (nSPS) is 29.1. The van der Waals surface area contributed by atoms with Crippen LogP contribution >= 0.6 is 0 Å². The smallest absolute Gasteiger partial charge is 0.220 e. The molecule has 1 aliphatic heterocycles. The number of rotatable bonds is 1. The van der Waals surface area contributed by atoms with E-state index in [9.17, 15) is 4.79 Å². The molecule has 0 aromatic rings. The van der Waals surface area contributed by atoms with Crippen LogP contribution < -0.4 is 10.8 Å². The summed E-state index contributed by atoms with van der Waals surface area (Å²) in [7, 11) is 0. The zero-order valence-electron chi connectivity index (χ0n) is 5.02. The lowest BCUT2D eigenvalue weighted by atomic mass is 10.3. The van der Waals surface area contributed by atoms with E-state index in [1.165, 1.54) is 0 Å². The monoisotopic (exact) mass is 129 g/mol. The Balaban J connectivity index is 2.26. The quantitative estimate of drug-likeness (QED) is 0.456. The zero-order chi connectivity index (χ0) is 6.53. The van der Waals surface area contributed by atoms with Gasteiger partial charge in [-0.05, 0) is 0 Å². The molecular formula is C5H9N2O2. The summed E-state index contributed by atoms with van der Waals surface area (Å²) < 4.78 is 0. The van der Waals surface area contributed by atoms with E-state index in [-0.39, 0.29) is 6.04 Å². The molecule has 1 radical (unpaired) electrons. The number of nitrogens with one attached hydrogen (secondary N) is 2. The maximum Gasteiger partial charge on any atom is 0.220 e. The minimum atomic E-state index is -0.313. The molecule has 0 bridgehead atoms. The average Bonchev–Trinajstić information content (AvgIpc) is 2.13. The highest BCUT2D eigenvalue weighted by Crippen LogP contribution is 1.81. The lowest BCUT2D eigenvalue weighted by molar-refractivity contribution is 0.0475. The van der Waals surface area contributed by atoms with Crippen LogP contribution in [0.5, 0.6) is 0 Å². The topological polar surface area (TPSA) is 50.4 Å². The van der Waals surface area contributed by atoms with Gasteiger partial charge in [-0.1, -0.05) is 0 Å². The third-order valence-corrected chi connectivity index (χ3v) is 1.10. The summed E-state index contributed by atoms with van der Waals surface area (Å²) in [5.41, 5.74) is 2.55. The standard InChI is InChI=1S/C5H9N2O2/c8-4-5-3-6-1-2-9-7-5/h5-7H,1-3H2.